The lowest BCUT2D eigenvalue weighted by molar-refractivity contribution is 0.0729. The summed E-state index contributed by atoms with van der Waals surface area (Å²) >= 11 is 0. The monoisotopic (exact) mass is 448 g/mol. The highest BCUT2D eigenvalue weighted by Gasteiger charge is 2.19. The summed E-state index contributed by atoms with van der Waals surface area (Å²) in [4.78, 5) is 25.7. The second-order valence-electron chi connectivity index (χ2n) is 6.76. The second kappa shape index (κ2) is 10.9. The minimum Gasteiger partial charge on any atom is -0.497 e. The molecule has 0 heterocycles. The molecule has 170 valence electrons. The van der Waals surface area contributed by atoms with Crippen LogP contribution >= 0.6 is 0 Å². The maximum absolute atomic E-state index is 13.0. The number of methoxy groups -OCH3 is 4. The number of hydrogen-bond donors (Lipinski definition) is 0. The van der Waals surface area contributed by atoms with Crippen LogP contribution < -0.4 is 23.7 Å². The van der Waals surface area contributed by atoms with Gasteiger partial charge in [0.2, 0.25) is 0 Å². The summed E-state index contributed by atoms with van der Waals surface area (Å²) in [5.74, 6) is 1.01. The zero-order chi connectivity index (χ0) is 23.8. The van der Waals surface area contributed by atoms with Crippen molar-refractivity contribution in [1.82, 2.24) is 0 Å². The van der Waals surface area contributed by atoms with E-state index in [1.54, 1.807) is 67.8 Å². The highest BCUT2D eigenvalue weighted by atomic mass is 16.5. The van der Waals surface area contributed by atoms with Crippen LogP contribution in [0.4, 0.5) is 0 Å². The van der Waals surface area contributed by atoms with E-state index in [1.165, 1.54) is 33.5 Å². The summed E-state index contributed by atoms with van der Waals surface area (Å²) in [7, 11) is 6.04. The average Bonchev–Trinajstić information content (AvgIpc) is 2.86. The molecule has 3 aromatic rings. The third kappa shape index (κ3) is 5.51. The Morgan fingerprint density at radius 3 is 2.09 bits per heavy atom. The Bertz CT molecular complexity index is 1180. The first kappa shape index (κ1) is 23.4. The molecule has 0 amide bonds. The van der Waals surface area contributed by atoms with Crippen LogP contribution in [0.3, 0.4) is 0 Å². The maximum atomic E-state index is 13.0. The Morgan fingerprint density at radius 2 is 1.39 bits per heavy atom. The van der Waals surface area contributed by atoms with Crippen molar-refractivity contribution in [3.8, 4) is 28.7 Å². The fraction of sp³-hybridized carbons (Fsp3) is 0.154. The van der Waals surface area contributed by atoms with Gasteiger partial charge in [-0.05, 0) is 48.0 Å². The minimum absolute atomic E-state index is 0.0761. The Hall–Kier alpha value is -4.26. The van der Waals surface area contributed by atoms with E-state index in [1.807, 2.05) is 0 Å². The number of rotatable bonds is 9. The van der Waals surface area contributed by atoms with Gasteiger partial charge in [0.25, 0.3) is 0 Å². The standard InChI is InChI=1S/C26H24O7/c1-29-18-11-12-19(21(27)13-9-17-10-14-23(31-3)25(15-17)32-4)24(16-18)33-26(28)20-7-5-6-8-22(20)30-2/h5-16H,1-4H3/b13-9+. The first-order valence-corrected chi connectivity index (χ1v) is 9.98. The molecule has 0 spiro atoms. The summed E-state index contributed by atoms with van der Waals surface area (Å²) in [6.07, 6.45) is 3.03. The quantitative estimate of drug-likeness (QED) is 0.201. The molecule has 0 bridgehead atoms. The van der Waals surface area contributed by atoms with Crippen molar-refractivity contribution in [2.45, 2.75) is 0 Å². The van der Waals surface area contributed by atoms with Crippen molar-refractivity contribution < 1.29 is 33.3 Å². The molecule has 7 heteroatoms. The number of carbonyl (C=O) groups is 2. The van der Waals surface area contributed by atoms with E-state index < -0.39 is 5.97 Å². The highest BCUT2D eigenvalue weighted by molar-refractivity contribution is 6.09. The topological polar surface area (TPSA) is 80.3 Å². The van der Waals surface area contributed by atoms with Crippen LogP contribution in [0.5, 0.6) is 28.7 Å². The fourth-order valence-electron chi connectivity index (χ4n) is 3.10. The largest absolute Gasteiger partial charge is 0.497 e. The molecule has 0 saturated heterocycles. The van der Waals surface area contributed by atoms with Gasteiger partial charge in [0.15, 0.2) is 17.3 Å². The van der Waals surface area contributed by atoms with Crippen LogP contribution in [-0.4, -0.2) is 40.2 Å². The van der Waals surface area contributed by atoms with Crippen molar-refractivity contribution in [3.63, 3.8) is 0 Å². The molecule has 0 radical (unpaired) electrons. The predicted octanol–water partition coefficient (Wildman–Crippen LogP) is 4.84. The lowest BCUT2D eigenvalue weighted by Gasteiger charge is -2.12. The van der Waals surface area contributed by atoms with Crippen molar-refractivity contribution >= 4 is 17.8 Å². The van der Waals surface area contributed by atoms with E-state index in [0.717, 1.165) is 5.56 Å². The number of para-hydroxylation sites is 1. The summed E-state index contributed by atoms with van der Waals surface area (Å²) in [5.41, 5.74) is 1.18. The van der Waals surface area contributed by atoms with E-state index in [4.69, 9.17) is 23.7 Å². The van der Waals surface area contributed by atoms with Crippen molar-refractivity contribution in [2.24, 2.45) is 0 Å². The minimum atomic E-state index is -0.654. The Balaban J connectivity index is 1.89. The first-order valence-electron chi connectivity index (χ1n) is 9.98. The summed E-state index contributed by atoms with van der Waals surface area (Å²) in [6, 6.07) is 16.6. The molecule has 3 rings (SSSR count). The molecule has 0 atom stereocenters. The van der Waals surface area contributed by atoms with Gasteiger partial charge in [0, 0.05) is 6.07 Å². The number of ketones is 1. The molecule has 0 aliphatic heterocycles. The van der Waals surface area contributed by atoms with Gasteiger partial charge in [-0.2, -0.15) is 0 Å². The Labute approximate surface area is 192 Å². The molecule has 0 N–H and O–H groups in total. The van der Waals surface area contributed by atoms with E-state index in [2.05, 4.69) is 0 Å². The number of ether oxygens (including phenoxy) is 5. The van der Waals surface area contributed by atoms with Crippen LogP contribution in [0.1, 0.15) is 26.3 Å². The van der Waals surface area contributed by atoms with E-state index in [-0.39, 0.29) is 22.7 Å². The van der Waals surface area contributed by atoms with E-state index in [9.17, 15) is 9.59 Å². The first-order chi connectivity index (χ1) is 16.0. The van der Waals surface area contributed by atoms with Crippen LogP contribution in [0, 0.1) is 0 Å². The fourth-order valence-corrected chi connectivity index (χ4v) is 3.10. The van der Waals surface area contributed by atoms with Gasteiger partial charge in [0.05, 0.1) is 34.0 Å². The molecule has 0 aromatic heterocycles. The van der Waals surface area contributed by atoms with Crippen molar-refractivity contribution in [3.05, 3.63) is 83.4 Å². The smallest absolute Gasteiger partial charge is 0.347 e. The lowest BCUT2D eigenvalue weighted by atomic mass is 10.1. The second-order valence-corrected chi connectivity index (χ2v) is 6.76. The highest BCUT2D eigenvalue weighted by Crippen LogP contribution is 2.30. The predicted molar refractivity (Wildman–Crippen MR) is 124 cm³/mol. The van der Waals surface area contributed by atoms with E-state index in [0.29, 0.717) is 23.0 Å². The van der Waals surface area contributed by atoms with Crippen molar-refractivity contribution in [2.75, 3.05) is 28.4 Å². The van der Waals surface area contributed by atoms with Gasteiger partial charge < -0.3 is 23.7 Å². The Kier molecular flexibility index (Phi) is 7.70. The Morgan fingerprint density at radius 1 is 0.667 bits per heavy atom. The molecule has 0 saturated carbocycles. The third-order valence-electron chi connectivity index (χ3n) is 4.82. The van der Waals surface area contributed by atoms with Crippen LogP contribution in [0.2, 0.25) is 0 Å². The molecular formula is C26H24O7. The molecule has 7 nitrogen and oxygen atoms in total. The van der Waals surface area contributed by atoms with E-state index >= 15 is 0 Å². The molecule has 3 aromatic carbocycles. The van der Waals surface area contributed by atoms with Gasteiger partial charge in [-0.1, -0.05) is 24.3 Å². The number of hydrogen-bond acceptors (Lipinski definition) is 7. The SMILES string of the molecule is COc1ccc(C(=O)/C=C/c2ccc(OC)c(OC)c2)c(OC(=O)c2ccccc2OC)c1. The number of esters is 1. The lowest BCUT2D eigenvalue weighted by Crippen LogP contribution is -2.12. The summed E-state index contributed by atoms with van der Waals surface area (Å²) in [6.45, 7) is 0. The summed E-state index contributed by atoms with van der Waals surface area (Å²) < 4.78 is 26.5. The molecule has 0 fully saturated rings. The van der Waals surface area contributed by atoms with Crippen LogP contribution in [-0.2, 0) is 0 Å². The normalized spacial score (nSPS) is 10.5. The van der Waals surface area contributed by atoms with Gasteiger partial charge in [-0.3, -0.25) is 4.79 Å². The molecule has 0 unspecified atom stereocenters. The third-order valence-corrected chi connectivity index (χ3v) is 4.82. The zero-order valence-electron chi connectivity index (χ0n) is 18.8. The van der Waals surface area contributed by atoms with Gasteiger partial charge in [-0.15, -0.1) is 0 Å². The maximum Gasteiger partial charge on any atom is 0.347 e. The summed E-state index contributed by atoms with van der Waals surface area (Å²) in [5, 5.41) is 0. The molecule has 33 heavy (non-hydrogen) atoms. The number of allylic oxidation sites excluding steroid dienone is 1. The van der Waals surface area contributed by atoms with Crippen LogP contribution in [0.15, 0.2) is 66.7 Å². The average molecular weight is 448 g/mol. The number of carbonyl (C=O) groups excluding carboxylic acids is 2. The number of benzene rings is 3. The van der Waals surface area contributed by atoms with Gasteiger partial charge in [-0.25, -0.2) is 4.79 Å². The molecular weight excluding hydrogens is 424 g/mol. The molecule has 0 aliphatic carbocycles. The zero-order valence-corrected chi connectivity index (χ0v) is 18.8. The van der Waals surface area contributed by atoms with Crippen molar-refractivity contribution in [1.29, 1.82) is 0 Å². The van der Waals surface area contributed by atoms with Crippen LogP contribution in [0.25, 0.3) is 6.08 Å². The van der Waals surface area contributed by atoms with Gasteiger partial charge in [0.1, 0.15) is 22.8 Å². The van der Waals surface area contributed by atoms with Gasteiger partial charge >= 0.3 is 5.97 Å². The molecule has 0 aliphatic rings.